The third-order valence-corrected chi connectivity index (χ3v) is 1.86. The Bertz CT molecular complexity index is 246. The van der Waals surface area contributed by atoms with Crippen LogP contribution < -0.4 is 0 Å². The van der Waals surface area contributed by atoms with Crippen molar-refractivity contribution >= 4 is 5.97 Å². The lowest BCUT2D eigenvalue weighted by Crippen LogP contribution is -2.14. The van der Waals surface area contributed by atoms with Crippen LogP contribution in [0.4, 0.5) is 4.39 Å². The van der Waals surface area contributed by atoms with Gasteiger partial charge >= 0.3 is 5.97 Å². The van der Waals surface area contributed by atoms with Gasteiger partial charge in [0.1, 0.15) is 6.61 Å². The minimum Gasteiger partial charge on any atom is -0.458 e. The smallest absolute Gasteiger partial charge is 0.366 e. The van der Waals surface area contributed by atoms with Crippen molar-refractivity contribution in [3.63, 3.8) is 0 Å². The SMILES string of the molecule is C=C(F)C(=O)OCCOCCOCCOCCOC. The van der Waals surface area contributed by atoms with Crippen molar-refractivity contribution in [3.8, 4) is 0 Å². The van der Waals surface area contributed by atoms with Gasteiger partial charge in [-0.15, -0.1) is 0 Å². The number of rotatable bonds is 13. The molecule has 0 atom stereocenters. The molecular formula is C12H21FO6. The maximum absolute atomic E-state index is 12.2. The Morgan fingerprint density at radius 1 is 0.895 bits per heavy atom. The van der Waals surface area contributed by atoms with Crippen LogP contribution in [0.3, 0.4) is 0 Å². The molecule has 0 spiro atoms. The van der Waals surface area contributed by atoms with Gasteiger partial charge in [-0.25, -0.2) is 4.79 Å². The minimum atomic E-state index is -1.11. The average Bonchev–Trinajstić information content (AvgIpc) is 2.39. The van der Waals surface area contributed by atoms with Gasteiger partial charge in [0.15, 0.2) is 0 Å². The zero-order valence-electron chi connectivity index (χ0n) is 11.2. The molecule has 0 aromatic rings. The standard InChI is InChI=1S/C12H21FO6/c1-11(13)12(14)19-10-9-18-8-7-17-6-5-16-4-3-15-2/h1,3-10H2,2H3. The van der Waals surface area contributed by atoms with Crippen LogP contribution in [-0.4, -0.2) is 65.9 Å². The number of ether oxygens (including phenoxy) is 5. The maximum atomic E-state index is 12.2. The van der Waals surface area contributed by atoms with Gasteiger partial charge in [-0.1, -0.05) is 6.58 Å². The first-order valence-corrected chi connectivity index (χ1v) is 5.92. The van der Waals surface area contributed by atoms with Crippen LogP contribution in [0.2, 0.25) is 0 Å². The molecule has 0 saturated heterocycles. The van der Waals surface area contributed by atoms with Crippen LogP contribution in [0.25, 0.3) is 0 Å². The number of carbonyl (C=O) groups excluding carboxylic acids is 1. The first-order chi connectivity index (χ1) is 9.18. The zero-order chi connectivity index (χ0) is 14.3. The van der Waals surface area contributed by atoms with E-state index in [1.165, 1.54) is 0 Å². The van der Waals surface area contributed by atoms with Gasteiger partial charge < -0.3 is 23.7 Å². The van der Waals surface area contributed by atoms with Crippen LogP contribution in [0, 0.1) is 0 Å². The quantitative estimate of drug-likeness (QED) is 0.281. The highest BCUT2D eigenvalue weighted by atomic mass is 19.1. The van der Waals surface area contributed by atoms with Gasteiger partial charge in [-0.05, 0) is 0 Å². The topological polar surface area (TPSA) is 63.2 Å². The lowest BCUT2D eigenvalue weighted by molar-refractivity contribution is -0.142. The van der Waals surface area contributed by atoms with Gasteiger partial charge in [0.2, 0.25) is 5.83 Å². The predicted molar refractivity (Wildman–Crippen MR) is 65.5 cm³/mol. The summed E-state index contributed by atoms with van der Waals surface area (Å²) in [5, 5.41) is 0. The first kappa shape index (κ1) is 18.0. The summed E-state index contributed by atoms with van der Waals surface area (Å²) in [5.41, 5.74) is 0. The van der Waals surface area contributed by atoms with Crippen LogP contribution >= 0.6 is 0 Å². The molecule has 0 amide bonds. The largest absolute Gasteiger partial charge is 0.458 e. The lowest BCUT2D eigenvalue weighted by Gasteiger charge is -2.07. The molecule has 0 saturated carbocycles. The summed E-state index contributed by atoms with van der Waals surface area (Å²) in [6, 6.07) is 0. The van der Waals surface area contributed by atoms with E-state index in [4.69, 9.17) is 18.9 Å². The van der Waals surface area contributed by atoms with Crippen LogP contribution in [0.15, 0.2) is 12.4 Å². The maximum Gasteiger partial charge on any atom is 0.366 e. The molecule has 7 heteroatoms. The number of esters is 1. The van der Waals surface area contributed by atoms with E-state index < -0.39 is 11.8 Å². The van der Waals surface area contributed by atoms with E-state index in [1.54, 1.807) is 7.11 Å². The third-order valence-electron chi connectivity index (χ3n) is 1.86. The molecule has 0 aromatic heterocycles. The molecule has 0 rings (SSSR count). The van der Waals surface area contributed by atoms with Gasteiger partial charge in [0, 0.05) is 7.11 Å². The highest BCUT2D eigenvalue weighted by Crippen LogP contribution is 1.94. The zero-order valence-corrected chi connectivity index (χ0v) is 11.2. The van der Waals surface area contributed by atoms with Gasteiger partial charge in [-0.2, -0.15) is 4.39 Å². The van der Waals surface area contributed by atoms with Gasteiger partial charge in [0.25, 0.3) is 0 Å². The highest BCUT2D eigenvalue weighted by molar-refractivity contribution is 5.85. The number of hydrogen-bond acceptors (Lipinski definition) is 6. The van der Waals surface area contributed by atoms with Crippen molar-refractivity contribution in [2.45, 2.75) is 0 Å². The number of methoxy groups -OCH3 is 1. The molecule has 0 radical (unpaired) electrons. The second-order valence-corrected chi connectivity index (χ2v) is 3.37. The Balaban J connectivity index is 3.07. The Labute approximate surface area is 112 Å². The Morgan fingerprint density at radius 3 is 1.74 bits per heavy atom. The molecular weight excluding hydrogens is 259 g/mol. The molecule has 6 nitrogen and oxygen atoms in total. The highest BCUT2D eigenvalue weighted by Gasteiger charge is 2.05. The van der Waals surface area contributed by atoms with Gasteiger partial charge in [0.05, 0.1) is 46.2 Å². The Kier molecular flexibility index (Phi) is 12.7. The van der Waals surface area contributed by atoms with E-state index in [-0.39, 0.29) is 13.2 Å². The molecule has 0 fully saturated rings. The molecule has 112 valence electrons. The van der Waals surface area contributed by atoms with Crippen molar-refractivity contribution in [2.75, 3.05) is 60.0 Å². The fraction of sp³-hybridized carbons (Fsp3) is 0.750. The molecule has 0 aliphatic carbocycles. The molecule has 0 N–H and O–H groups in total. The summed E-state index contributed by atoms with van der Waals surface area (Å²) < 4.78 is 36.9. The van der Waals surface area contributed by atoms with E-state index in [1.807, 2.05) is 0 Å². The summed E-state index contributed by atoms with van der Waals surface area (Å²) in [6.07, 6.45) is 0. The molecule has 0 aromatic carbocycles. The van der Waals surface area contributed by atoms with Crippen molar-refractivity contribution in [3.05, 3.63) is 12.4 Å². The Morgan fingerprint density at radius 2 is 1.32 bits per heavy atom. The van der Waals surface area contributed by atoms with E-state index in [0.717, 1.165) is 0 Å². The van der Waals surface area contributed by atoms with Crippen molar-refractivity contribution in [1.82, 2.24) is 0 Å². The minimum absolute atomic E-state index is 0.0120. The van der Waals surface area contributed by atoms with Crippen molar-refractivity contribution < 1.29 is 32.9 Å². The van der Waals surface area contributed by atoms with E-state index >= 15 is 0 Å². The van der Waals surface area contributed by atoms with E-state index in [0.29, 0.717) is 39.6 Å². The third kappa shape index (κ3) is 13.2. The molecule has 0 bridgehead atoms. The number of hydrogen-bond donors (Lipinski definition) is 0. The second-order valence-electron chi connectivity index (χ2n) is 3.37. The molecule has 19 heavy (non-hydrogen) atoms. The van der Waals surface area contributed by atoms with E-state index in [2.05, 4.69) is 11.3 Å². The van der Waals surface area contributed by atoms with Crippen LogP contribution in [0.5, 0.6) is 0 Å². The van der Waals surface area contributed by atoms with E-state index in [9.17, 15) is 9.18 Å². The fourth-order valence-electron chi connectivity index (χ4n) is 0.956. The van der Waals surface area contributed by atoms with Crippen LogP contribution in [-0.2, 0) is 28.5 Å². The Hall–Kier alpha value is -1.02. The average molecular weight is 280 g/mol. The normalized spacial score (nSPS) is 10.4. The summed E-state index contributed by atoms with van der Waals surface area (Å²) in [5.74, 6) is -2.18. The second kappa shape index (κ2) is 13.4. The molecule has 0 aliphatic rings. The number of carbonyl (C=O) groups is 1. The monoisotopic (exact) mass is 280 g/mol. The predicted octanol–water partition coefficient (Wildman–Crippen LogP) is 0.709. The molecule has 0 aliphatic heterocycles. The summed E-state index contributed by atoms with van der Waals surface area (Å²) in [4.78, 5) is 10.6. The molecule has 0 unspecified atom stereocenters. The van der Waals surface area contributed by atoms with Gasteiger partial charge in [-0.3, -0.25) is 0 Å². The molecule has 0 heterocycles. The fourth-order valence-corrected chi connectivity index (χ4v) is 0.956. The van der Waals surface area contributed by atoms with Crippen molar-refractivity contribution in [2.24, 2.45) is 0 Å². The van der Waals surface area contributed by atoms with Crippen LogP contribution in [0.1, 0.15) is 0 Å². The first-order valence-electron chi connectivity index (χ1n) is 5.92. The number of halogens is 1. The van der Waals surface area contributed by atoms with Crippen molar-refractivity contribution in [1.29, 1.82) is 0 Å². The summed E-state index contributed by atoms with van der Waals surface area (Å²) in [7, 11) is 1.61. The summed E-state index contributed by atoms with van der Waals surface area (Å²) >= 11 is 0. The summed E-state index contributed by atoms with van der Waals surface area (Å²) in [6.45, 7) is 5.85. The lowest BCUT2D eigenvalue weighted by atomic mass is 10.6.